The first-order valence-electron chi connectivity index (χ1n) is 13.2. The number of benzene rings is 2. The number of rotatable bonds is 6. The van der Waals surface area contributed by atoms with Gasteiger partial charge < -0.3 is 19.9 Å². The Labute approximate surface area is 223 Å². The summed E-state index contributed by atoms with van der Waals surface area (Å²) in [5, 5.41) is 13.1. The first-order chi connectivity index (χ1) is 17.8. The van der Waals surface area contributed by atoms with Gasteiger partial charge in [-0.1, -0.05) is 62.4 Å². The molecule has 8 heteroatoms. The van der Waals surface area contributed by atoms with Gasteiger partial charge in [-0.05, 0) is 54.9 Å². The topological polar surface area (TPSA) is 105 Å². The van der Waals surface area contributed by atoms with Crippen LogP contribution >= 0.6 is 0 Å². The summed E-state index contributed by atoms with van der Waals surface area (Å²) in [6.07, 6.45) is -0.339. The third kappa shape index (κ3) is 4.61. The highest BCUT2D eigenvalue weighted by Crippen LogP contribution is 2.54. The average Bonchev–Trinajstić information content (AvgIpc) is 3.30. The Bertz CT molecular complexity index is 1230. The molecule has 2 N–H and O–H groups in total. The van der Waals surface area contributed by atoms with Gasteiger partial charge in [0.2, 0.25) is 0 Å². The second-order valence-corrected chi connectivity index (χ2v) is 12.5. The number of carbonyl (C=O) groups excluding carboxylic acids is 2. The molecule has 1 atom stereocenters. The number of nitrogens with zero attached hydrogens (tertiary/aromatic N) is 1. The lowest BCUT2D eigenvalue weighted by Gasteiger charge is -2.51. The van der Waals surface area contributed by atoms with Crippen molar-refractivity contribution in [1.29, 1.82) is 0 Å². The maximum Gasteiger partial charge on any atom is 0.411 e. The highest BCUT2D eigenvalue weighted by molar-refractivity contribution is 5.87. The van der Waals surface area contributed by atoms with E-state index in [4.69, 9.17) is 9.47 Å². The van der Waals surface area contributed by atoms with Gasteiger partial charge in [-0.2, -0.15) is 0 Å². The maximum atomic E-state index is 13.7. The molecule has 2 aromatic rings. The monoisotopic (exact) mass is 520 g/mol. The molecule has 2 fully saturated rings. The molecule has 0 heterocycles. The van der Waals surface area contributed by atoms with E-state index in [9.17, 15) is 19.5 Å². The second kappa shape index (κ2) is 9.03. The molecule has 0 unspecified atom stereocenters. The molecule has 0 aliphatic heterocycles. The van der Waals surface area contributed by atoms with Crippen LogP contribution in [0.4, 0.5) is 9.59 Å². The van der Waals surface area contributed by atoms with E-state index >= 15 is 0 Å². The number of alkyl carbamates (subject to hydrolysis) is 1. The van der Waals surface area contributed by atoms with Gasteiger partial charge in [-0.3, -0.25) is 4.90 Å². The summed E-state index contributed by atoms with van der Waals surface area (Å²) in [6, 6.07) is 15.5. The quantitative estimate of drug-likeness (QED) is 0.518. The molecule has 5 rings (SSSR count). The summed E-state index contributed by atoms with van der Waals surface area (Å²) in [5.41, 5.74) is 2.13. The fourth-order valence-corrected chi connectivity index (χ4v) is 5.95. The Balaban J connectivity index is 1.34. The van der Waals surface area contributed by atoms with Crippen molar-refractivity contribution in [2.24, 2.45) is 5.41 Å². The van der Waals surface area contributed by atoms with E-state index in [2.05, 4.69) is 17.4 Å². The minimum atomic E-state index is -1.44. The number of carboxylic acid groups (broad SMARTS) is 1. The zero-order chi connectivity index (χ0) is 27.5. The average molecular weight is 521 g/mol. The summed E-state index contributed by atoms with van der Waals surface area (Å²) < 4.78 is 11.2. The Morgan fingerprint density at radius 1 is 0.974 bits per heavy atom. The van der Waals surface area contributed by atoms with E-state index < -0.39 is 35.3 Å². The Kier molecular flexibility index (Phi) is 6.20. The molecule has 38 heavy (non-hydrogen) atoms. The van der Waals surface area contributed by atoms with Gasteiger partial charge in [0, 0.05) is 30.8 Å². The molecule has 0 radical (unpaired) electrons. The molecule has 2 aromatic carbocycles. The van der Waals surface area contributed by atoms with E-state index in [-0.39, 0.29) is 36.8 Å². The van der Waals surface area contributed by atoms with E-state index in [0.717, 1.165) is 22.3 Å². The number of carbonyl (C=O) groups is 3. The molecule has 3 aliphatic rings. The van der Waals surface area contributed by atoms with Gasteiger partial charge in [-0.15, -0.1) is 0 Å². The van der Waals surface area contributed by atoms with Crippen LogP contribution in [-0.4, -0.2) is 58.0 Å². The lowest BCUT2D eigenvalue weighted by atomic mass is 9.71. The zero-order valence-corrected chi connectivity index (χ0v) is 22.6. The third-order valence-corrected chi connectivity index (χ3v) is 8.05. The Morgan fingerprint density at radius 3 is 1.97 bits per heavy atom. The van der Waals surface area contributed by atoms with Crippen molar-refractivity contribution in [2.45, 2.75) is 83.0 Å². The van der Waals surface area contributed by atoms with Crippen molar-refractivity contribution in [3.8, 4) is 11.1 Å². The lowest BCUT2D eigenvalue weighted by Crippen LogP contribution is -2.70. The first kappa shape index (κ1) is 26.1. The predicted octanol–water partition coefficient (Wildman–Crippen LogP) is 5.55. The van der Waals surface area contributed by atoms with Crippen LogP contribution in [-0.2, 0) is 14.3 Å². The van der Waals surface area contributed by atoms with Crippen molar-refractivity contribution >= 4 is 18.2 Å². The zero-order valence-electron chi connectivity index (χ0n) is 22.6. The van der Waals surface area contributed by atoms with E-state index in [0.29, 0.717) is 6.42 Å². The highest BCUT2D eigenvalue weighted by atomic mass is 16.6. The number of carboxylic acids is 1. The normalized spacial score (nSPS) is 24.9. The number of hydrogen-bond donors (Lipinski definition) is 2. The van der Waals surface area contributed by atoms with E-state index in [1.807, 2.05) is 50.2 Å². The molecular weight excluding hydrogens is 484 g/mol. The van der Waals surface area contributed by atoms with Gasteiger partial charge in [0.05, 0.1) is 0 Å². The third-order valence-electron chi connectivity index (χ3n) is 8.05. The summed E-state index contributed by atoms with van der Waals surface area (Å²) in [5.74, 6) is -1.21. The first-order valence-corrected chi connectivity index (χ1v) is 13.2. The summed E-state index contributed by atoms with van der Waals surface area (Å²) in [7, 11) is 0. The number of hydrogen-bond acceptors (Lipinski definition) is 5. The van der Waals surface area contributed by atoms with Crippen LogP contribution in [0.25, 0.3) is 11.1 Å². The number of ether oxygens (including phenoxy) is 2. The van der Waals surface area contributed by atoms with Crippen LogP contribution in [0.3, 0.4) is 0 Å². The van der Waals surface area contributed by atoms with Gasteiger partial charge in [0.15, 0.2) is 0 Å². The summed E-state index contributed by atoms with van der Waals surface area (Å²) >= 11 is 0. The highest BCUT2D eigenvalue weighted by Gasteiger charge is 2.65. The molecule has 2 amide bonds. The molecule has 3 aliphatic carbocycles. The maximum absolute atomic E-state index is 13.7. The Morgan fingerprint density at radius 2 is 1.50 bits per heavy atom. The van der Waals surface area contributed by atoms with Crippen LogP contribution in [0, 0.1) is 5.41 Å². The van der Waals surface area contributed by atoms with Crippen molar-refractivity contribution in [2.75, 3.05) is 6.61 Å². The molecule has 0 saturated heterocycles. The molecular formula is C30H36N2O6. The van der Waals surface area contributed by atoms with Crippen molar-refractivity contribution in [3.63, 3.8) is 0 Å². The van der Waals surface area contributed by atoms with Crippen molar-refractivity contribution in [3.05, 3.63) is 59.7 Å². The number of amides is 2. The minimum absolute atomic E-state index is 0.0956. The van der Waals surface area contributed by atoms with Crippen molar-refractivity contribution < 1.29 is 29.0 Å². The standard InChI is InChI=1S/C30H36N2O6/c1-28(2,3)38-26(35)31-18-14-30(15-18,25(33)34)32(24-16-29(24,4)5)27(36)37-17-23-21-12-8-6-10-19(21)20-11-7-9-13-22(20)23/h6-13,18,23-24H,14-17H2,1-5H3,(H,31,35)(H,33,34)/t18?,24-,30?/m0/s1. The number of nitrogens with one attached hydrogen (secondary N) is 1. The van der Waals surface area contributed by atoms with Gasteiger partial charge >= 0.3 is 18.2 Å². The fourth-order valence-electron chi connectivity index (χ4n) is 5.95. The van der Waals surface area contributed by atoms with E-state index in [1.165, 1.54) is 4.90 Å². The van der Waals surface area contributed by atoms with Crippen LogP contribution < -0.4 is 5.32 Å². The summed E-state index contributed by atoms with van der Waals surface area (Å²) in [6.45, 7) is 9.46. The Hall–Kier alpha value is -3.55. The van der Waals surface area contributed by atoms with Crippen LogP contribution in [0.15, 0.2) is 48.5 Å². The number of fused-ring (bicyclic) bond motifs is 3. The summed E-state index contributed by atoms with van der Waals surface area (Å²) in [4.78, 5) is 40.0. The number of aliphatic carboxylic acids is 1. The molecule has 0 bridgehead atoms. The molecule has 0 spiro atoms. The lowest BCUT2D eigenvalue weighted by molar-refractivity contribution is -0.159. The molecule has 202 valence electrons. The second-order valence-electron chi connectivity index (χ2n) is 12.5. The SMILES string of the molecule is CC(C)(C)OC(=O)NC1CC(C(=O)O)(N(C(=O)OCC2c3ccccc3-c3ccccc32)[C@H]2CC2(C)C)C1. The minimum Gasteiger partial charge on any atom is -0.479 e. The molecule has 2 saturated carbocycles. The molecule has 0 aromatic heterocycles. The molecule has 8 nitrogen and oxygen atoms in total. The fraction of sp³-hybridized carbons (Fsp3) is 0.500. The smallest absolute Gasteiger partial charge is 0.411 e. The van der Waals surface area contributed by atoms with Crippen LogP contribution in [0.5, 0.6) is 0 Å². The van der Waals surface area contributed by atoms with Gasteiger partial charge in [0.25, 0.3) is 0 Å². The largest absolute Gasteiger partial charge is 0.479 e. The predicted molar refractivity (Wildman–Crippen MR) is 142 cm³/mol. The van der Waals surface area contributed by atoms with Gasteiger partial charge in [0.1, 0.15) is 17.7 Å². The van der Waals surface area contributed by atoms with E-state index in [1.54, 1.807) is 20.8 Å². The van der Waals surface area contributed by atoms with Crippen molar-refractivity contribution in [1.82, 2.24) is 10.2 Å². The van der Waals surface area contributed by atoms with Gasteiger partial charge in [-0.25, -0.2) is 14.4 Å². The van der Waals surface area contributed by atoms with Crippen LogP contribution in [0.2, 0.25) is 0 Å². The van der Waals surface area contributed by atoms with Crippen LogP contribution in [0.1, 0.15) is 70.9 Å².